The lowest BCUT2D eigenvalue weighted by Gasteiger charge is -2.15. The van der Waals surface area contributed by atoms with Crippen LogP contribution in [0.4, 0.5) is 4.39 Å². The van der Waals surface area contributed by atoms with E-state index in [-0.39, 0.29) is 11.1 Å². The van der Waals surface area contributed by atoms with Gasteiger partial charge in [0.05, 0.1) is 11.6 Å². The van der Waals surface area contributed by atoms with E-state index in [0.717, 1.165) is 5.56 Å². The summed E-state index contributed by atoms with van der Waals surface area (Å²) in [5, 5.41) is 3.26. The van der Waals surface area contributed by atoms with Crippen molar-refractivity contribution in [2.24, 2.45) is 5.73 Å². The third-order valence-electron chi connectivity index (χ3n) is 2.20. The molecular formula is C12H14ClFN2. The fourth-order valence-corrected chi connectivity index (χ4v) is 1.52. The maximum absolute atomic E-state index is 13.0. The van der Waals surface area contributed by atoms with Gasteiger partial charge in [0.2, 0.25) is 0 Å². The first kappa shape index (κ1) is 13.0. The Morgan fingerprint density at radius 3 is 2.88 bits per heavy atom. The Labute approximate surface area is 100.0 Å². The Morgan fingerprint density at radius 2 is 2.31 bits per heavy atom. The van der Waals surface area contributed by atoms with Crippen LogP contribution in [-0.4, -0.2) is 13.1 Å². The Hall–Kier alpha value is -1.08. The molecule has 0 aromatic heterocycles. The molecule has 0 radical (unpaired) electrons. The molecule has 1 atom stereocenters. The number of nitrogens with two attached hydrogens (primary N) is 1. The lowest BCUT2D eigenvalue weighted by atomic mass is 10.1. The molecule has 0 saturated heterocycles. The molecule has 4 heteroatoms. The number of hydrogen-bond acceptors (Lipinski definition) is 2. The van der Waals surface area contributed by atoms with Crippen LogP contribution in [0.3, 0.4) is 0 Å². The number of halogens is 2. The van der Waals surface area contributed by atoms with Gasteiger partial charge in [-0.3, -0.25) is 5.32 Å². The largest absolute Gasteiger partial charge is 0.329 e. The third-order valence-corrected chi connectivity index (χ3v) is 2.49. The van der Waals surface area contributed by atoms with Crippen LogP contribution in [0.15, 0.2) is 18.2 Å². The molecule has 1 aromatic rings. The minimum Gasteiger partial charge on any atom is -0.329 e. The molecule has 0 amide bonds. The highest BCUT2D eigenvalue weighted by molar-refractivity contribution is 6.30. The zero-order chi connectivity index (χ0) is 12.0. The molecule has 1 rings (SSSR count). The smallest absolute Gasteiger partial charge is 0.141 e. The molecule has 0 fully saturated rings. The molecule has 0 spiro atoms. The highest BCUT2D eigenvalue weighted by Crippen LogP contribution is 2.20. The van der Waals surface area contributed by atoms with Gasteiger partial charge in [0.25, 0.3) is 0 Å². The summed E-state index contributed by atoms with van der Waals surface area (Å²) in [4.78, 5) is 0. The molecule has 1 unspecified atom stereocenters. The Balaban J connectivity index is 2.77. The van der Waals surface area contributed by atoms with Crippen molar-refractivity contribution >= 4 is 11.6 Å². The summed E-state index contributed by atoms with van der Waals surface area (Å²) in [6.07, 6.45) is 0. The first-order valence-electron chi connectivity index (χ1n) is 4.97. The molecule has 3 N–H and O–H groups in total. The number of hydrogen-bond donors (Lipinski definition) is 2. The summed E-state index contributed by atoms with van der Waals surface area (Å²) in [6.45, 7) is 2.73. The van der Waals surface area contributed by atoms with Gasteiger partial charge in [-0.05, 0) is 24.6 Å². The van der Waals surface area contributed by atoms with Gasteiger partial charge in [-0.15, -0.1) is 5.92 Å². The zero-order valence-electron chi connectivity index (χ0n) is 9.06. The molecule has 0 aliphatic carbocycles. The van der Waals surface area contributed by atoms with E-state index in [1.807, 2.05) is 0 Å². The predicted molar refractivity (Wildman–Crippen MR) is 64.7 cm³/mol. The second-order valence-electron chi connectivity index (χ2n) is 3.27. The van der Waals surface area contributed by atoms with Crippen molar-refractivity contribution in [2.45, 2.75) is 13.0 Å². The van der Waals surface area contributed by atoms with Crippen LogP contribution < -0.4 is 11.1 Å². The molecule has 0 bridgehead atoms. The fourth-order valence-electron chi connectivity index (χ4n) is 1.33. The number of rotatable bonds is 4. The van der Waals surface area contributed by atoms with Gasteiger partial charge < -0.3 is 5.73 Å². The minimum absolute atomic E-state index is 0.0565. The van der Waals surface area contributed by atoms with E-state index >= 15 is 0 Å². The summed E-state index contributed by atoms with van der Waals surface area (Å²) < 4.78 is 13.0. The van der Waals surface area contributed by atoms with Crippen molar-refractivity contribution in [2.75, 3.05) is 13.1 Å². The third kappa shape index (κ3) is 3.49. The van der Waals surface area contributed by atoms with Crippen molar-refractivity contribution < 1.29 is 4.39 Å². The van der Waals surface area contributed by atoms with E-state index in [1.165, 1.54) is 6.07 Å². The Kier molecular flexibility index (Phi) is 5.27. The molecule has 2 nitrogen and oxygen atoms in total. The first-order valence-corrected chi connectivity index (χ1v) is 5.34. The summed E-state index contributed by atoms with van der Waals surface area (Å²) in [6, 6.07) is 4.54. The topological polar surface area (TPSA) is 38.0 Å². The standard InChI is InChI=1S/C12H14ClFN2/c1-2-3-6-16-12(8-15)9-4-5-11(14)10(13)7-9/h4-5,7,12,16H,6,8,15H2,1H3. The van der Waals surface area contributed by atoms with Gasteiger partial charge >= 0.3 is 0 Å². The highest BCUT2D eigenvalue weighted by atomic mass is 35.5. The molecule has 0 heterocycles. The summed E-state index contributed by atoms with van der Waals surface area (Å²) in [5.41, 5.74) is 6.50. The van der Waals surface area contributed by atoms with Crippen LogP contribution in [0.1, 0.15) is 18.5 Å². The monoisotopic (exact) mass is 240 g/mol. The van der Waals surface area contributed by atoms with Gasteiger partial charge in [0.15, 0.2) is 0 Å². The average molecular weight is 241 g/mol. The van der Waals surface area contributed by atoms with Gasteiger partial charge in [-0.1, -0.05) is 23.6 Å². The van der Waals surface area contributed by atoms with Gasteiger partial charge in [0.1, 0.15) is 5.82 Å². The van der Waals surface area contributed by atoms with Gasteiger partial charge in [-0.25, -0.2) is 4.39 Å². The Morgan fingerprint density at radius 1 is 1.56 bits per heavy atom. The maximum atomic E-state index is 13.0. The first-order chi connectivity index (χ1) is 7.69. The van der Waals surface area contributed by atoms with Crippen LogP contribution in [0, 0.1) is 17.7 Å². The average Bonchev–Trinajstić information content (AvgIpc) is 2.29. The van der Waals surface area contributed by atoms with Crippen molar-refractivity contribution in [1.29, 1.82) is 0 Å². The summed E-state index contributed by atoms with van der Waals surface area (Å²) in [7, 11) is 0. The zero-order valence-corrected chi connectivity index (χ0v) is 9.81. The van der Waals surface area contributed by atoms with Crippen molar-refractivity contribution in [3.05, 3.63) is 34.6 Å². The summed E-state index contributed by atoms with van der Waals surface area (Å²) in [5.74, 6) is 5.24. The second kappa shape index (κ2) is 6.49. The minimum atomic E-state index is -0.422. The van der Waals surface area contributed by atoms with E-state index in [1.54, 1.807) is 19.1 Å². The highest BCUT2D eigenvalue weighted by Gasteiger charge is 2.10. The van der Waals surface area contributed by atoms with Gasteiger partial charge in [-0.2, -0.15) is 0 Å². The molecule has 1 aromatic carbocycles. The lowest BCUT2D eigenvalue weighted by molar-refractivity contribution is 0.577. The van der Waals surface area contributed by atoms with Crippen LogP contribution in [0.5, 0.6) is 0 Å². The van der Waals surface area contributed by atoms with Crippen LogP contribution in [0.25, 0.3) is 0 Å². The molecular weight excluding hydrogens is 227 g/mol. The molecule has 0 aliphatic heterocycles. The van der Waals surface area contributed by atoms with E-state index in [9.17, 15) is 4.39 Å². The molecule has 86 valence electrons. The fraction of sp³-hybridized carbons (Fsp3) is 0.333. The van der Waals surface area contributed by atoms with Crippen molar-refractivity contribution in [1.82, 2.24) is 5.32 Å². The van der Waals surface area contributed by atoms with Crippen LogP contribution in [0.2, 0.25) is 5.02 Å². The van der Waals surface area contributed by atoms with Gasteiger partial charge in [0, 0.05) is 12.6 Å². The van der Waals surface area contributed by atoms with E-state index in [2.05, 4.69) is 17.2 Å². The normalized spacial score (nSPS) is 11.8. The lowest BCUT2D eigenvalue weighted by Crippen LogP contribution is -2.28. The number of benzene rings is 1. The second-order valence-corrected chi connectivity index (χ2v) is 3.68. The molecule has 0 aliphatic rings. The van der Waals surface area contributed by atoms with E-state index < -0.39 is 5.82 Å². The summed E-state index contributed by atoms with van der Waals surface area (Å²) >= 11 is 5.70. The number of nitrogens with one attached hydrogen (secondary N) is 1. The Bertz CT molecular complexity index is 409. The van der Waals surface area contributed by atoms with Crippen molar-refractivity contribution in [3.63, 3.8) is 0 Å². The van der Waals surface area contributed by atoms with Crippen LogP contribution >= 0.6 is 11.6 Å². The maximum Gasteiger partial charge on any atom is 0.141 e. The van der Waals surface area contributed by atoms with E-state index in [0.29, 0.717) is 13.1 Å². The molecule has 0 saturated carbocycles. The quantitative estimate of drug-likeness (QED) is 0.791. The van der Waals surface area contributed by atoms with Crippen molar-refractivity contribution in [3.8, 4) is 11.8 Å². The van der Waals surface area contributed by atoms with E-state index in [4.69, 9.17) is 17.3 Å². The SMILES string of the molecule is CC#CCNC(CN)c1ccc(F)c(Cl)c1. The predicted octanol–water partition coefficient (Wildman–Crippen LogP) is 2.09. The molecule has 16 heavy (non-hydrogen) atoms. The van der Waals surface area contributed by atoms with Crippen LogP contribution in [-0.2, 0) is 0 Å².